The molecule has 9 nitrogen and oxygen atoms in total. The first-order chi connectivity index (χ1) is 16.8. The molecule has 0 aliphatic carbocycles. The number of benzene rings is 2. The molecule has 2 aromatic carbocycles. The van der Waals surface area contributed by atoms with Crippen LogP contribution in [-0.2, 0) is 9.59 Å². The maximum atomic E-state index is 13.2. The van der Waals surface area contributed by atoms with Crippen LogP contribution in [0.25, 0.3) is 5.76 Å². The summed E-state index contributed by atoms with van der Waals surface area (Å²) in [5.74, 6) is 0.131. The molecule has 1 atom stereocenters. The second-order valence-electron chi connectivity index (χ2n) is 8.33. The summed E-state index contributed by atoms with van der Waals surface area (Å²) in [6, 6.07) is 9.21. The van der Waals surface area contributed by atoms with Crippen molar-refractivity contribution in [1.29, 1.82) is 0 Å². The Morgan fingerprint density at radius 3 is 2.03 bits per heavy atom. The molecular weight excluding hydrogens is 452 g/mol. The second-order valence-corrected chi connectivity index (χ2v) is 8.33. The van der Waals surface area contributed by atoms with Gasteiger partial charge < -0.3 is 33.9 Å². The molecule has 2 aromatic rings. The van der Waals surface area contributed by atoms with E-state index in [2.05, 4.69) is 0 Å². The van der Waals surface area contributed by atoms with Gasteiger partial charge >= 0.3 is 0 Å². The third-order valence-corrected chi connectivity index (χ3v) is 5.92. The predicted octanol–water partition coefficient (Wildman–Crippen LogP) is 3.09. The smallest absolute Gasteiger partial charge is 0.295 e. The summed E-state index contributed by atoms with van der Waals surface area (Å²) in [5.41, 5.74) is 0.951. The Labute approximate surface area is 205 Å². The van der Waals surface area contributed by atoms with Crippen LogP contribution in [0.4, 0.5) is 0 Å². The largest absolute Gasteiger partial charge is 0.507 e. The van der Waals surface area contributed by atoms with E-state index in [1.165, 1.54) is 33.3 Å². The number of methoxy groups -OCH3 is 4. The zero-order valence-corrected chi connectivity index (χ0v) is 21.0. The Hall–Kier alpha value is -3.72. The van der Waals surface area contributed by atoms with Crippen LogP contribution < -0.4 is 18.9 Å². The van der Waals surface area contributed by atoms with Gasteiger partial charge in [0.1, 0.15) is 5.76 Å². The number of nitrogens with zero attached hydrogens (tertiary/aromatic N) is 2. The lowest BCUT2D eigenvalue weighted by atomic mass is 9.94. The van der Waals surface area contributed by atoms with Crippen molar-refractivity contribution in [2.75, 3.05) is 55.6 Å². The van der Waals surface area contributed by atoms with Crippen LogP contribution in [0.1, 0.15) is 23.6 Å². The average molecular weight is 485 g/mol. The first-order valence-corrected chi connectivity index (χ1v) is 11.1. The molecule has 1 unspecified atom stereocenters. The van der Waals surface area contributed by atoms with Crippen molar-refractivity contribution in [3.05, 3.63) is 53.1 Å². The van der Waals surface area contributed by atoms with Crippen LogP contribution in [0.3, 0.4) is 0 Å². The number of Topliss-reactive ketones (excluding diaryl/α,β-unsaturated/α-hetero) is 1. The fourth-order valence-electron chi connectivity index (χ4n) is 4.18. The average Bonchev–Trinajstić information content (AvgIpc) is 3.12. The van der Waals surface area contributed by atoms with Gasteiger partial charge in [-0.25, -0.2) is 0 Å². The lowest BCUT2D eigenvalue weighted by Crippen LogP contribution is -2.32. The summed E-state index contributed by atoms with van der Waals surface area (Å²) in [7, 11) is 9.91. The highest BCUT2D eigenvalue weighted by atomic mass is 16.5. The first kappa shape index (κ1) is 25.9. The lowest BCUT2D eigenvalue weighted by Gasteiger charge is -2.26. The van der Waals surface area contributed by atoms with Gasteiger partial charge in [0.05, 0.1) is 40.1 Å². The molecule has 1 heterocycles. The number of hydrogen-bond donors (Lipinski definition) is 1. The minimum atomic E-state index is -0.801. The van der Waals surface area contributed by atoms with Gasteiger partial charge in [-0.1, -0.05) is 6.07 Å². The number of ether oxygens (including phenoxy) is 4. The first-order valence-electron chi connectivity index (χ1n) is 11.1. The van der Waals surface area contributed by atoms with Gasteiger partial charge in [-0.2, -0.15) is 0 Å². The van der Waals surface area contributed by atoms with Crippen molar-refractivity contribution in [2.24, 2.45) is 0 Å². The van der Waals surface area contributed by atoms with Gasteiger partial charge in [-0.15, -0.1) is 0 Å². The van der Waals surface area contributed by atoms with Crippen LogP contribution >= 0.6 is 0 Å². The number of hydrogen-bond acceptors (Lipinski definition) is 8. The van der Waals surface area contributed by atoms with E-state index >= 15 is 0 Å². The molecule has 188 valence electrons. The summed E-state index contributed by atoms with van der Waals surface area (Å²) < 4.78 is 21.4. The third-order valence-electron chi connectivity index (χ3n) is 5.92. The predicted molar refractivity (Wildman–Crippen MR) is 131 cm³/mol. The van der Waals surface area contributed by atoms with Gasteiger partial charge in [-0.05, 0) is 63.0 Å². The number of aliphatic hydroxyl groups is 1. The Morgan fingerprint density at radius 1 is 0.886 bits per heavy atom. The van der Waals surface area contributed by atoms with E-state index in [1.54, 1.807) is 36.4 Å². The Balaban J connectivity index is 2.17. The van der Waals surface area contributed by atoms with Crippen LogP contribution in [0.5, 0.6) is 23.0 Å². The van der Waals surface area contributed by atoms with Gasteiger partial charge in [0, 0.05) is 12.1 Å². The zero-order chi connectivity index (χ0) is 25.7. The molecule has 35 heavy (non-hydrogen) atoms. The van der Waals surface area contributed by atoms with Crippen molar-refractivity contribution in [3.63, 3.8) is 0 Å². The number of ketones is 1. The number of rotatable bonds is 10. The van der Waals surface area contributed by atoms with E-state index in [-0.39, 0.29) is 11.3 Å². The fraction of sp³-hybridized carbons (Fsp3) is 0.385. The van der Waals surface area contributed by atoms with E-state index in [4.69, 9.17) is 18.9 Å². The molecule has 0 aromatic heterocycles. The molecule has 1 saturated heterocycles. The van der Waals surface area contributed by atoms with Crippen molar-refractivity contribution >= 4 is 17.4 Å². The van der Waals surface area contributed by atoms with Crippen LogP contribution in [0.2, 0.25) is 0 Å². The number of amides is 1. The van der Waals surface area contributed by atoms with Gasteiger partial charge in [0.2, 0.25) is 0 Å². The molecule has 3 rings (SSSR count). The Morgan fingerprint density at radius 2 is 1.46 bits per heavy atom. The van der Waals surface area contributed by atoms with Gasteiger partial charge in [0.15, 0.2) is 23.0 Å². The van der Waals surface area contributed by atoms with Crippen molar-refractivity contribution < 1.29 is 33.6 Å². The summed E-state index contributed by atoms with van der Waals surface area (Å²) in [6.45, 7) is 1.07. The number of carbonyl (C=O) groups excluding carboxylic acids is 2. The third kappa shape index (κ3) is 5.19. The second kappa shape index (κ2) is 11.1. The summed E-state index contributed by atoms with van der Waals surface area (Å²) >= 11 is 0. The molecule has 0 saturated carbocycles. The fourth-order valence-corrected chi connectivity index (χ4v) is 4.18. The normalized spacial score (nSPS) is 17.1. The zero-order valence-electron chi connectivity index (χ0n) is 21.0. The summed E-state index contributed by atoms with van der Waals surface area (Å²) in [4.78, 5) is 29.9. The molecule has 0 spiro atoms. The summed E-state index contributed by atoms with van der Waals surface area (Å²) in [6.07, 6.45) is 0.653. The highest BCUT2D eigenvalue weighted by Gasteiger charge is 2.46. The number of carbonyl (C=O) groups is 2. The molecule has 1 aliphatic rings. The van der Waals surface area contributed by atoms with Gasteiger partial charge in [-0.3, -0.25) is 9.59 Å². The SMILES string of the molecule is COc1ccc(/C(O)=C2/C(=O)C(=O)N(CCCN(C)C)C2c2ccc(OC)c(OC)c2)cc1OC. The van der Waals surface area contributed by atoms with E-state index in [0.29, 0.717) is 47.1 Å². The molecule has 1 aliphatic heterocycles. The number of likely N-dealkylation sites (tertiary alicyclic amines) is 1. The van der Waals surface area contributed by atoms with Crippen molar-refractivity contribution in [2.45, 2.75) is 12.5 Å². The van der Waals surface area contributed by atoms with Crippen molar-refractivity contribution in [3.8, 4) is 23.0 Å². The molecule has 1 N–H and O–H groups in total. The molecule has 9 heteroatoms. The molecule has 0 radical (unpaired) electrons. The standard InChI is InChI=1S/C26H32N2O7/c1-27(2)12-7-13-28-23(16-8-10-18(32-3)20(14-16)34-5)22(25(30)26(28)31)24(29)17-9-11-19(33-4)21(15-17)35-6/h8-11,14-15,23,29H,7,12-13H2,1-6H3/b24-22-. The highest BCUT2D eigenvalue weighted by Crippen LogP contribution is 2.42. The van der Waals surface area contributed by atoms with E-state index in [9.17, 15) is 14.7 Å². The van der Waals surface area contributed by atoms with Gasteiger partial charge in [0.25, 0.3) is 11.7 Å². The minimum absolute atomic E-state index is 0.000655. The van der Waals surface area contributed by atoms with Crippen molar-refractivity contribution in [1.82, 2.24) is 9.80 Å². The topological polar surface area (TPSA) is 97.8 Å². The van der Waals surface area contributed by atoms with E-state index in [0.717, 1.165) is 6.54 Å². The minimum Gasteiger partial charge on any atom is -0.507 e. The van der Waals surface area contributed by atoms with E-state index < -0.39 is 17.7 Å². The Kier molecular flexibility index (Phi) is 8.24. The maximum absolute atomic E-state index is 13.2. The highest BCUT2D eigenvalue weighted by molar-refractivity contribution is 6.46. The van der Waals surface area contributed by atoms with E-state index in [1.807, 2.05) is 19.0 Å². The maximum Gasteiger partial charge on any atom is 0.295 e. The molecular formula is C26H32N2O7. The lowest BCUT2D eigenvalue weighted by molar-refractivity contribution is -0.139. The van der Waals surface area contributed by atoms with Crippen LogP contribution in [0.15, 0.2) is 42.0 Å². The Bertz CT molecular complexity index is 1130. The van der Waals surface area contributed by atoms with Crippen LogP contribution in [-0.4, -0.2) is 82.2 Å². The molecule has 1 fully saturated rings. The quantitative estimate of drug-likeness (QED) is 0.312. The summed E-state index contributed by atoms with van der Waals surface area (Å²) in [5, 5.41) is 11.3. The van der Waals surface area contributed by atoms with Crippen LogP contribution in [0, 0.1) is 0 Å². The molecule has 0 bridgehead atoms. The molecule has 1 amide bonds. The monoisotopic (exact) mass is 484 g/mol. The number of aliphatic hydroxyl groups excluding tert-OH is 1.